The fourth-order valence-corrected chi connectivity index (χ4v) is 2.50. The Hall–Kier alpha value is -2.07. The van der Waals surface area contributed by atoms with Gasteiger partial charge in [-0.1, -0.05) is 29.8 Å². The second-order valence-corrected chi connectivity index (χ2v) is 5.35. The average molecular weight is 306 g/mol. The molecule has 0 saturated heterocycles. The Morgan fingerprint density at radius 2 is 2.10 bits per heavy atom. The minimum atomic E-state index is -0.510. The van der Waals surface area contributed by atoms with Gasteiger partial charge in [-0.15, -0.1) is 0 Å². The van der Waals surface area contributed by atoms with E-state index in [9.17, 15) is 9.18 Å². The predicted octanol–water partition coefficient (Wildman–Crippen LogP) is 3.67. The lowest BCUT2D eigenvalue weighted by Crippen LogP contribution is -2.32. The third-order valence-electron chi connectivity index (χ3n) is 3.44. The lowest BCUT2D eigenvalue weighted by atomic mass is 9.96. The third kappa shape index (κ3) is 3.00. The molecule has 0 aliphatic carbocycles. The Bertz CT molecular complexity index is 690. The van der Waals surface area contributed by atoms with Crippen molar-refractivity contribution in [2.45, 2.75) is 6.42 Å². The first-order valence-electron chi connectivity index (χ1n) is 6.60. The second kappa shape index (κ2) is 5.74. The maximum atomic E-state index is 13.1. The van der Waals surface area contributed by atoms with Gasteiger partial charge in [0.15, 0.2) is 0 Å². The topological polar surface area (TPSA) is 38.3 Å². The molecule has 1 unspecified atom stereocenters. The van der Waals surface area contributed by atoms with Crippen LogP contribution < -0.4 is 10.1 Å². The molecule has 1 N–H and O–H groups in total. The number of carbonyl (C=O) groups excluding carboxylic acids is 1. The molecule has 3 rings (SSSR count). The minimum Gasteiger partial charge on any atom is -0.492 e. The molecular weight excluding hydrogens is 293 g/mol. The summed E-state index contributed by atoms with van der Waals surface area (Å²) in [5.41, 5.74) is 1.49. The molecule has 1 atom stereocenters. The average Bonchev–Trinajstić information content (AvgIpc) is 2.50. The van der Waals surface area contributed by atoms with Gasteiger partial charge < -0.3 is 10.1 Å². The van der Waals surface area contributed by atoms with Crippen molar-refractivity contribution in [3.63, 3.8) is 0 Å². The van der Waals surface area contributed by atoms with Gasteiger partial charge in [-0.25, -0.2) is 4.39 Å². The van der Waals surface area contributed by atoms with Crippen LogP contribution >= 0.6 is 11.6 Å². The number of ether oxygens (including phenoxy) is 1. The van der Waals surface area contributed by atoms with Gasteiger partial charge >= 0.3 is 0 Å². The lowest BCUT2D eigenvalue weighted by Gasteiger charge is -2.24. The summed E-state index contributed by atoms with van der Waals surface area (Å²) >= 11 is 5.70. The number of hydrogen-bond donors (Lipinski definition) is 1. The number of nitrogens with one attached hydrogen (secondary N) is 1. The molecule has 1 aliphatic rings. The first-order chi connectivity index (χ1) is 10.1. The highest BCUT2D eigenvalue weighted by atomic mass is 35.5. The van der Waals surface area contributed by atoms with Gasteiger partial charge in [0.1, 0.15) is 18.2 Å². The van der Waals surface area contributed by atoms with E-state index in [2.05, 4.69) is 5.32 Å². The molecule has 1 heterocycles. The molecule has 5 heteroatoms. The summed E-state index contributed by atoms with van der Waals surface area (Å²) in [6.07, 6.45) is 0.622. The van der Waals surface area contributed by atoms with Crippen LogP contribution in [0.4, 0.5) is 10.1 Å². The Kier molecular flexibility index (Phi) is 3.80. The number of halogens is 2. The van der Waals surface area contributed by atoms with Crippen LogP contribution in [0.25, 0.3) is 0 Å². The van der Waals surface area contributed by atoms with Crippen molar-refractivity contribution in [1.82, 2.24) is 0 Å². The molecule has 21 heavy (non-hydrogen) atoms. The monoisotopic (exact) mass is 305 g/mol. The maximum absolute atomic E-state index is 13.1. The van der Waals surface area contributed by atoms with Crippen LogP contribution in [0.2, 0.25) is 5.02 Å². The molecule has 0 saturated carbocycles. The van der Waals surface area contributed by atoms with Crippen LogP contribution in [0.3, 0.4) is 0 Å². The summed E-state index contributed by atoms with van der Waals surface area (Å²) in [6.45, 7) is 0.331. The summed E-state index contributed by atoms with van der Waals surface area (Å²) in [7, 11) is 0. The summed E-state index contributed by atoms with van der Waals surface area (Å²) < 4.78 is 18.7. The van der Waals surface area contributed by atoms with E-state index >= 15 is 0 Å². The first kappa shape index (κ1) is 13.9. The van der Waals surface area contributed by atoms with Crippen LogP contribution in [-0.2, 0) is 11.2 Å². The summed E-state index contributed by atoms with van der Waals surface area (Å²) in [6, 6.07) is 11.8. The molecular formula is C16H13ClFNO2. The van der Waals surface area contributed by atoms with Crippen LogP contribution in [0.15, 0.2) is 42.5 Å². The van der Waals surface area contributed by atoms with Crippen molar-refractivity contribution in [1.29, 1.82) is 0 Å². The number of rotatable bonds is 2. The van der Waals surface area contributed by atoms with Gasteiger partial charge in [-0.2, -0.15) is 0 Å². The molecule has 0 bridgehead atoms. The van der Waals surface area contributed by atoms with E-state index in [0.29, 0.717) is 18.7 Å². The molecule has 0 fully saturated rings. The van der Waals surface area contributed by atoms with Crippen molar-refractivity contribution < 1.29 is 13.9 Å². The number of anilines is 1. The number of para-hydroxylation sites is 1. The zero-order chi connectivity index (χ0) is 14.8. The highest BCUT2D eigenvalue weighted by Gasteiger charge is 2.25. The summed E-state index contributed by atoms with van der Waals surface area (Å²) in [4.78, 5) is 12.2. The lowest BCUT2D eigenvalue weighted by molar-refractivity contribution is -0.121. The van der Waals surface area contributed by atoms with E-state index in [4.69, 9.17) is 16.3 Å². The third-order valence-corrected chi connectivity index (χ3v) is 3.73. The van der Waals surface area contributed by atoms with E-state index < -0.39 is 5.82 Å². The van der Waals surface area contributed by atoms with Gasteiger partial charge in [-0.05, 0) is 36.2 Å². The Morgan fingerprint density at radius 1 is 1.29 bits per heavy atom. The first-order valence-corrected chi connectivity index (χ1v) is 6.98. The number of benzene rings is 2. The van der Waals surface area contributed by atoms with Crippen molar-refractivity contribution >= 4 is 23.2 Å². The standard InChI is InChI=1S/C16H13ClFNO2/c17-13-8-12(5-6-14(13)18)19-16(20)11-7-10-3-1-2-4-15(10)21-9-11/h1-6,8,11H,7,9H2,(H,19,20). The normalized spacial score (nSPS) is 16.8. The Labute approximate surface area is 126 Å². The highest BCUT2D eigenvalue weighted by molar-refractivity contribution is 6.31. The summed E-state index contributed by atoms with van der Waals surface area (Å²) in [5, 5.41) is 2.72. The smallest absolute Gasteiger partial charge is 0.231 e. The number of fused-ring (bicyclic) bond motifs is 1. The SMILES string of the molecule is O=C(Nc1ccc(F)c(Cl)c1)C1COc2ccccc2C1. The minimum absolute atomic E-state index is 0.0157. The molecule has 0 radical (unpaired) electrons. The van der Waals surface area contributed by atoms with Gasteiger partial charge in [0.25, 0.3) is 0 Å². The van der Waals surface area contributed by atoms with Crippen LogP contribution in [-0.4, -0.2) is 12.5 Å². The van der Waals surface area contributed by atoms with Crippen LogP contribution in [0, 0.1) is 11.7 Å². The Morgan fingerprint density at radius 3 is 2.90 bits per heavy atom. The zero-order valence-corrected chi connectivity index (χ0v) is 11.9. The molecule has 108 valence electrons. The van der Waals surface area contributed by atoms with E-state index in [1.165, 1.54) is 18.2 Å². The number of hydrogen-bond acceptors (Lipinski definition) is 2. The van der Waals surface area contributed by atoms with Gasteiger partial charge in [0.05, 0.1) is 10.9 Å². The number of carbonyl (C=O) groups is 1. The molecule has 2 aromatic rings. The van der Waals surface area contributed by atoms with Crippen molar-refractivity contribution in [2.75, 3.05) is 11.9 Å². The molecule has 0 aromatic heterocycles. The maximum Gasteiger partial charge on any atom is 0.231 e. The molecule has 3 nitrogen and oxygen atoms in total. The van der Waals surface area contributed by atoms with Crippen molar-refractivity contribution in [3.8, 4) is 5.75 Å². The second-order valence-electron chi connectivity index (χ2n) is 4.94. The van der Waals surface area contributed by atoms with Crippen LogP contribution in [0.1, 0.15) is 5.56 Å². The Balaban J connectivity index is 1.70. The van der Waals surface area contributed by atoms with Crippen molar-refractivity contribution in [2.24, 2.45) is 5.92 Å². The molecule has 0 spiro atoms. The van der Waals surface area contributed by atoms with E-state index in [0.717, 1.165) is 11.3 Å². The molecule has 1 amide bonds. The molecule has 2 aromatic carbocycles. The van der Waals surface area contributed by atoms with E-state index in [1.54, 1.807) is 0 Å². The van der Waals surface area contributed by atoms with Gasteiger partial charge in [-0.3, -0.25) is 4.79 Å². The predicted molar refractivity (Wildman–Crippen MR) is 79.2 cm³/mol. The van der Waals surface area contributed by atoms with Gasteiger partial charge in [0.2, 0.25) is 5.91 Å². The quantitative estimate of drug-likeness (QED) is 0.919. The largest absolute Gasteiger partial charge is 0.492 e. The number of amides is 1. The van der Waals surface area contributed by atoms with Crippen LogP contribution in [0.5, 0.6) is 5.75 Å². The van der Waals surface area contributed by atoms with E-state index in [1.807, 2.05) is 24.3 Å². The van der Waals surface area contributed by atoms with Crippen molar-refractivity contribution in [3.05, 3.63) is 58.9 Å². The zero-order valence-electron chi connectivity index (χ0n) is 11.1. The fourth-order valence-electron chi connectivity index (χ4n) is 2.31. The highest BCUT2D eigenvalue weighted by Crippen LogP contribution is 2.28. The molecule has 1 aliphatic heterocycles. The van der Waals surface area contributed by atoms with E-state index in [-0.39, 0.29) is 16.8 Å². The summed E-state index contributed by atoms with van der Waals surface area (Å²) in [5.74, 6) is -0.119. The fraction of sp³-hybridized carbons (Fsp3) is 0.188. The van der Waals surface area contributed by atoms with Gasteiger partial charge in [0, 0.05) is 5.69 Å².